The van der Waals surface area contributed by atoms with Crippen LogP contribution in [0, 0.1) is 11.8 Å². The molecule has 1 aromatic rings. The number of methoxy groups -OCH3 is 1. The molecule has 0 saturated carbocycles. The van der Waals surface area contributed by atoms with Crippen molar-refractivity contribution in [2.45, 2.75) is 0 Å². The topological polar surface area (TPSA) is 65.2 Å². The third-order valence-corrected chi connectivity index (χ3v) is 1.76. The van der Waals surface area contributed by atoms with Crippen LogP contribution in [0.1, 0.15) is 15.9 Å². The first-order valence-electron chi connectivity index (χ1n) is 4.07. The van der Waals surface area contributed by atoms with Crippen LogP contribution in [0.15, 0.2) is 12.3 Å². The quantitative estimate of drug-likeness (QED) is 0.440. The SMILES string of the molecule is COC(=O)c1cnc(N)c(C#CCCl)c1. The Hall–Kier alpha value is -1.73. The predicted molar refractivity (Wildman–Crippen MR) is 57.6 cm³/mol. The van der Waals surface area contributed by atoms with E-state index in [0.717, 1.165) is 0 Å². The number of nitrogens with zero attached hydrogens (tertiary/aromatic N) is 1. The first kappa shape index (κ1) is 11.3. The van der Waals surface area contributed by atoms with Gasteiger partial charge < -0.3 is 10.5 Å². The molecule has 1 heterocycles. The minimum atomic E-state index is -0.476. The summed E-state index contributed by atoms with van der Waals surface area (Å²) in [4.78, 5) is 15.0. The van der Waals surface area contributed by atoms with Gasteiger partial charge in [-0.15, -0.1) is 11.6 Å². The molecule has 0 saturated heterocycles. The van der Waals surface area contributed by atoms with E-state index in [0.29, 0.717) is 11.1 Å². The van der Waals surface area contributed by atoms with Crippen LogP contribution in [0.5, 0.6) is 0 Å². The first-order valence-corrected chi connectivity index (χ1v) is 4.61. The van der Waals surface area contributed by atoms with Crippen molar-refractivity contribution in [2.75, 3.05) is 18.7 Å². The Labute approximate surface area is 92.4 Å². The summed E-state index contributed by atoms with van der Waals surface area (Å²) in [6.07, 6.45) is 1.34. The summed E-state index contributed by atoms with van der Waals surface area (Å²) >= 11 is 5.41. The van der Waals surface area contributed by atoms with Gasteiger partial charge in [0.15, 0.2) is 0 Å². The van der Waals surface area contributed by atoms with E-state index in [2.05, 4.69) is 21.6 Å². The van der Waals surface area contributed by atoms with Crippen molar-refractivity contribution >= 4 is 23.4 Å². The lowest BCUT2D eigenvalue weighted by Crippen LogP contribution is -2.04. The second-order valence-electron chi connectivity index (χ2n) is 2.58. The van der Waals surface area contributed by atoms with Gasteiger partial charge in [0, 0.05) is 6.20 Å². The Morgan fingerprint density at radius 2 is 2.47 bits per heavy atom. The van der Waals surface area contributed by atoms with Gasteiger partial charge in [-0.25, -0.2) is 9.78 Å². The molecule has 0 radical (unpaired) electrons. The molecule has 0 spiro atoms. The number of carbonyl (C=O) groups is 1. The summed E-state index contributed by atoms with van der Waals surface area (Å²) in [6.45, 7) is 0. The highest BCUT2D eigenvalue weighted by Crippen LogP contribution is 2.10. The fourth-order valence-electron chi connectivity index (χ4n) is 0.934. The lowest BCUT2D eigenvalue weighted by Gasteiger charge is -2.01. The van der Waals surface area contributed by atoms with Crippen molar-refractivity contribution in [1.82, 2.24) is 4.98 Å². The van der Waals surface area contributed by atoms with Crippen LogP contribution in [0.2, 0.25) is 0 Å². The molecule has 0 fully saturated rings. The Morgan fingerprint density at radius 3 is 3.07 bits per heavy atom. The summed E-state index contributed by atoms with van der Waals surface area (Å²) in [5.41, 5.74) is 6.34. The zero-order valence-corrected chi connectivity index (χ0v) is 8.84. The number of halogens is 1. The molecule has 5 heteroatoms. The number of aromatic nitrogens is 1. The number of anilines is 1. The maximum atomic E-state index is 11.2. The van der Waals surface area contributed by atoms with Crippen molar-refractivity contribution in [3.63, 3.8) is 0 Å². The van der Waals surface area contributed by atoms with E-state index >= 15 is 0 Å². The number of rotatable bonds is 1. The number of nitrogen functional groups attached to an aromatic ring is 1. The van der Waals surface area contributed by atoms with E-state index < -0.39 is 5.97 Å². The van der Waals surface area contributed by atoms with Crippen LogP contribution in [-0.2, 0) is 4.74 Å². The van der Waals surface area contributed by atoms with Crippen LogP contribution in [0.25, 0.3) is 0 Å². The average molecular weight is 225 g/mol. The van der Waals surface area contributed by atoms with Crippen molar-refractivity contribution in [3.05, 3.63) is 23.4 Å². The van der Waals surface area contributed by atoms with Crippen molar-refractivity contribution in [3.8, 4) is 11.8 Å². The van der Waals surface area contributed by atoms with Gasteiger partial charge >= 0.3 is 5.97 Å². The van der Waals surface area contributed by atoms with Gasteiger partial charge in [0.05, 0.1) is 24.1 Å². The Morgan fingerprint density at radius 1 is 1.73 bits per heavy atom. The van der Waals surface area contributed by atoms with Gasteiger partial charge in [-0.2, -0.15) is 0 Å². The van der Waals surface area contributed by atoms with E-state index in [1.807, 2.05) is 0 Å². The number of esters is 1. The molecule has 0 atom stereocenters. The molecule has 0 bridgehead atoms. The van der Waals surface area contributed by atoms with Gasteiger partial charge in [0.1, 0.15) is 5.82 Å². The summed E-state index contributed by atoms with van der Waals surface area (Å²) in [6, 6.07) is 1.52. The summed E-state index contributed by atoms with van der Waals surface area (Å²) in [5, 5.41) is 0. The Bertz CT molecular complexity index is 435. The number of alkyl halides is 1. The molecule has 0 aliphatic heterocycles. The smallest absolute Gasteiger partial charge is 0.339 e. The number of carbonyl (C=O) groups excluding carboxylic acids is 1. The minimum absolute atomic E-state index is 0.196. The fraction of sp³-hybridized carbons (Fsp3) is 0.200. The van der Waals surface area contributed by atoms with Crippen LogP contribution in [0.4, 0.5) is 5.82 Å². The molecule has 1 aromatic heterocycles. The van der Waals surface area contributed by atoms with E-state index in [9.17, 15) is 4.79 Å². The van der Waals surface area contributed by atoms with Crippen molar-refractivity contribution < 1.29 is 9.53 Å². The molecule has 0 unspecified atom stereocenters. The van der Waals surface area contributed by atoms with Gasteiger partial charge in [0.25, 0.3) is 0 Å². The summed E-state index contributed by atoms with van der Waals surface area (Å²) in [7, 11) is 1.29. The van der Waals surface area contributed by atoms with Crippen LogP contribution in [0.3, 0.4) is 0 Å². The highest BCUT2D eigenvalue weighted by molar-refractivity contribution is 6.19. The second kappa shape index (κ2) is 5.23. The van der Waals surface area contributed by atoms with Crippen LogP contribution >= 0.6 is 11.6 Å². The molecule has 15 heavy (non-hydrogen) atoms. The molecular formula is C10H9ClN2O2. The molecule has 0 amide bonds. The summed E-state index contributed by atoms with van der Waals surface area (Å²) in [5.74, 6) is 5.32. The molecule has 1 rings (SSSR count). The molecule has 0 aromatic carbocycles. The normalized spacial score (nSPS) is 8.93. The number of nitrogens with two attached hydrogens (primary N) is 1. The first-order chi connectivity index (χ1) is 7.19. The van der Waals surface area contributed by atoms with Gasteiger partial charge in [-0.05, 0) is 6.07 Å². The maximum Gasteiger partial charge on any atom is 0.339 e. The van der Waals surface area contributed by atoms with Crippen molar-refractivity contribution in [1.29, 1.82) is 0 Å². The Balaban J connectivity index is 3.10. The van der Waals surface area contributed by atoms with E-state index in [4.69, 9.17) is 17.3 Å². The number of ether oxygens (including phenoxy) is 1. The zero-order chi connectivity index (χ0) is 11.3. The molecule has 0 aliphatic rings. The minimum Gasteiger partial charge on any atom is -0.465 e. The lowest BCUT2D eigenvalue weighted by atomic mass is 10.2. The number of hydrogen-bond donors (Lipinski definition) is 1. The van der Waals surface area contributed by atoms with Crippen LogP contribution in [-0.4, -0.2) is 23.9 Å². The molecular weight excluding hydrogens is 216 g/mol. The second-order valence-corrected chi connectivity index (χ2v) is 2.85. The zero-order valence-electron chi connectivity index (χ0n) is 8.08. The third kappa shape index (κ3) is 2.86. The molecule has 0 aliphatic carbocycles. The van der Waals surface area contributed by atoms with Gasteiger partial charge in [-0.1, -0.05) is 11.8 Å². The molecule has 78 valence electrons. The largest absolute Gasteiger partial charge is 0.465 e. The predicted octanol–water partition coefficient (Wildman–Crippen LogP) is 1.04. The number of hydrogen-bond acceptors (Lipinski definition) is 4. The lowest BCUT2D eigenvalue weighted by molar-refractivity contribution is 0.0600. The van der Waals surface area contributed by atoms with Crippen molar-refractivity contribution in [2.24, 2.45) is 0 Å². The molecule has 2 N–H and O–H groups in total. The number of pyridine rings is 1. The Kier molecular flexibility index (Phi) is 3.95. The molecule has 4 nitrogen and oxygen atoms in total. The highest BCUT2D eigenvalue weighted by Gasteiger charge is 2.07. The summed E-state index contributed by atoms with van der Waals surface area (Å²) < 4.78 is 4.54. The van der Waals surface area contributed by atoms with Gasteiger partial charge in [0.2, 0.25) is 0 Å². The maximum absolute atomic E-state index is 11.2. The monoisotopic (exact) mass is 224 g/mol. The third-order valence-electron chi connectivity index (χ3n) is 1.63. The van der Waals surface area contributed by atoms with E-state index in [1.165, 1.54) is 19.4 Å². The van der Waals surface area contributed by atoms with E-state index in [1.54, 1.807) is 0 Å². The highest BCUT2D eigenvalue weighted by atomic mass is 35.5. The van der Waals surface area contributed by atoms with E-state index in [-0.39, 0.29) is 11.7 Å². The van der Waals surface area contributed by atoms with Gasteiger partial charge in [-0.3, -0.25) is 0 Å². The average Bonchev–Trinajstić information content (AvgIpc) is 2.27. The van der Waals surface area contributed by atoms with Crippen LogP contribution < -0.4 is 5.73 Å². The standard InChI is InChI=1S/C10H9ClN2O2/c1-15-10(14)8-5-7(3-2-4-11)9(12)13-6-8/h5-6H,4H2,1H3,(H2,12,13). The fourth-order valence-corrected chi connectivity index (χ4v) is 1.00.